The van der Waals surface area contributed by atoms with E-state index >= 15 is 0 Å². The average molecular weight is 295 g/mol. The largest absolute Gasteiger partial charge is 0.355 e. The van der Waals surface area contributed by atoms with Crippen LogP contribution in [0.3, 0.4) is 0 Å². The van der Waals surface area contributed by atoms with Gasteiger partial charge in [0.25, 0.3) is 0 Å². The molecule has 2 aliphatic heterocycles. The molecule has 2 rings (SSSR count). The normalized spacial score (nSPS) is 21.9. The highest BCUT2D eigenvalue weighted by Gasteiger charge is 2.29. The molecule has 2 amide bonds. The highest BCUT2D eigenvalue weighted by atomic mass is 16.2. The van der Waals surface area contributed by atoms with E-state index < -0.39 is 0 Å². The van der Waals surface area contributed by atoms with Crippen LogP contribution >= 0.6 is 0 Å². The molecule has 1 N–H and O–H groups in total. The first kappa shape index (κ1) is 16.3. The molecule has 120 valence electrons. The summed E-state index contributed by atoms with van der Waals surface area (Å²) in [6.45, 7) is 6.70. The number of nitrogens with zero attached hydrogens (tertiary/aromatic N) is 2. The first-order valence-corrected chi connectivity index (χ1v) is 8.48. The predicted molar refractivity (Wildman–Crippen MR) is 82.9 cm³/mol. The lowest BCUT2D eigenvalue weighted by atomic mass is 9.95. The highest BCUT2D eigenvalue weighted by Crippen LogP contribution is 2.21. The molecule has 21 heavy (non-hydrogen) atoms. The molecule has 5 heteroatoms. The van der Waals surface area contributed by atoms with Crippen molar-refractivity contribution >= 4 is 11.8 Å². The third-order valence-electron chi connectivity index (χ3n) is 4.60. The fraction of sp³-hybridized carbons (Fsp3) is 0.875. The number of nitrogens with one attached hydrogen (secondary N) is 1. The minimum atomic E-state index is 0.0924. The summed E-state index contributed by atoms with van der Waals surface area (Å²) < 4.78 is 0. The molecule has 2 aliphatic rings. The fourth-order valence-corrected chi connectivity index (χ4v) is 3.34. The third kappa shape index (κ3) is 4.99. The smallest absolute Gasteiger partial charge is 0.234 e. The van der Waals surface area contributed by atoms with E-state index in [0.29, 0.717) is 19.0 Å². The number of likely N-dealkylation sites (N-methyl/N-ethyl adjacent to an activating group) is 1. The predicted octanol–water partition coefficient (Wildman–Crippen LogP) is 1.24. The highest BCUT2D eigenvalue weighted by molar-refractivity contribution is 5.79. The van der Waals surface area contributed by atoms with E-state index in [2.05, 4.69) is 15.1 Å². The fourth-order valence-electron chi connectivity index (χ4n) is 3.34. The van der Waals surface area contributed by atoms with Crippen molar-refractivity contribution in [3.63, 3.8) is 0 Å². The van der Waals surface area contributed by atoms with E-state index in [4.69, 9.17) is 0 Å². The van der Waals surface area contributed by atoms with Crippen molar-refractivity contribution < 1.29 is 9.59 Å². The lowest BCUT2D eigenvalue weighted by Gasteiger charge is -2.33. The molecular formula is C16H29N3O2. The first-order chi connectivity index (χ1) is 10.2. The van der Waals surface area contributed by atoms with E-state index in [1.165, 1.54) is 12.8 Å². The Morgan fingerprint density at radius 3 is 2.19 bits per heavy atom. The number of carbonyl (C=O) groups is 2. The number of rotatable bonds is 4. The van der Waals surface area contributed by atoms with Crippen molar-refractivity contribution in [1.82, 2.24) is 15.1 Å². The monoisotopic (exact) mass is 295 g/mol. The molecule has 0 aromatic heterocycles. The lowest BCUT2D eigenvalue weighted by Crippen LogP contribution is -2.45. The molecule has 0 aromatic rings. The molecule has 0 aromatic carbocycles. The van der Waals surface area contributed by atoms with Gasteiger partial charge in [-0.15, -0.1) is 0 Å². The standard InChI is InChI=1S/C16H29N3O2/c1-2-17-15(20)13-18-11-7-14(8-12-18)16(21)19-9-5-3-4-6-10-19/h14H,2-13H2,1H3,(H,17,20). The van der Waals surface area contributed by atoms with Crippen LogP contribution in [-0.4, -0.2) is 60.9 Å². The third-order valence-corrected chi connectivity index (χ3v) is 4.60. The first-order valence-electron chi connectivity index (χ1n) is 8.48. The zero-order valence-corrected chi connectivity index (χ0v) is 13.3. The average Bonchev–Trinajstić information content (AvgIpc) is 2.76. The molecule has 0 bridgehead atoms. The number of hydrogen-bond donors (Lipinski definition) is 1. The summed E-state index contributed by atoms with van der Waals surface area (Å²) >= 11 is 0. The molecule has 0 atom stereocenters. The summed E-state index contributed by atoms with van der Waals surface area (Å²) in [5.41, 5.74) is 0. The number of likely N-dealkylation sites (tertiary alicyclic amines) is 2. The van der Waals surface area contributed by atoms with Crippen molar-refractivity contribution in [3.05, 3.63) is 0 Å². The van der Waals surface area contributed by atoms with Gasteiger partial charge in [-0.2, -0.15) is 0 Å². The lowest BCUT2D eigenvalue weighted by molar-refractivity contribution is -0.137. The van der Waals surface area contributed by atoms with Crippen molar-refractivity contribution in [2.24, 2.45) is 5.92 Å². The van der Waals surface area contributed by atoms with E-state index in [0.717, 1.165) is 51.9 Å². The van der Waals surface area contributed by atoms with Gasteiger partial charge < -0.3 is 10.2 Å². The molecule has 2 fully saturated rings. The van der Waals surface area contributed by atoms with E-state index in [9.17, 15) is 9.59 Å². The number of amides is 2. The summed E-state index contributed by atoms with van der Waals surface area (Å²) in [5, 5.41) is 2.83. The SMILES string of the molecule is CCNC(=O)CN1CCC(C(=O)N2CCCCCC2)CC1. The van der Waals surface area contributed by atoms with Crippen molar-refractivity contribution in [3.8, 4) is 0 Å². The van der Waals surface area contributed by atoms with Crippen molar-refractivity contribution in [2.45, 2.75) is 45.4 Å². The molecular weight excluding hydrogens is 266 g/mol. The van der Waals surface area contributed by atoms with Gasteiger partial charge in [-0.3, -0.25) is 14.5 Å². The molecule has 0 aliphatic carbocycles. The van der Waals surface area contributed by atoms with Gasteiger partial charge in [0.15, 0.2) is 0 Å². The second kappa shape index (κ2) is 8.37. The molecule has 0 spiro atoms. The molecule has 0 saturated carbocycles. The second-order valence-electron chi connectivity index (χ2n) is 6.24. The molecule has 2 saturated heterocycles. The summed E-state index contributed by atoms with van der Waals surface area (Å²) in [6.07, 6.45) is 6.62. The Kier molecular flexibility index (Phi) is 6.49. The van der Waals surface area contributed by atoms with Crippen LogP contribution in [0.15, 0.2) is 0 Å². The van der Waals surface area contributed by atoms with Gasteiger partial charge in [0.1, 0.15) is 0 Å². The maximum Gasteiger partial charge on any atom is 0.234 e. The zero-order chi connectivity index (χ0) is 15.1. The van der Waals surface area contributed by atoms with Crippen LogP contribution < -0.4 is 5.32 Å². The summed E-state index contributed by atoms with van der Waals surface area (Å²) in [6, 6.07) is 0. The van der Waals surface area contributed by atoms with E-state index in [1.807, 2.05) is 6.92 Å². The topological polar surface area (TPSA) is 52.7 Å². The number of carbonyl (C=O) groups excluding carboxylic acids is 2. The van der Waals surface area contributed by atoms with E-state index in [-0.39, 0.29) is 11.8 Å². The second-order valence-corrected chi connectivity index (χ2v) is 6.24. The van der Waals surface area contributed by atoms with Gasteiger partial charge in [-0.25, -0.2) is 0 Å². The minimum absolute atomic E-state index is 0.0924. The van der Waals surface area contributed by atoms with Crippen LogP contribution in [0.4, 0.5) is 0 Å². The van der Waals surface area contributed by atoms with Crippen LogP contribution in [0.5, 0.6) is 0 Å². The maximum absolute atomic E-state index is 12.6. The Hall–Kier alpha value is -1.10. The Balaban J connectivity index is 1.74. The Morgan fingerprint density at radius 1 is 1.00 bits per heavy atom. The van der Waals surface area contributed by atoms with Gasteiger partial charge in [-0.1, -0.05) is 12.8 Å². The quantitative estimate of drug-likeness (QED) is 0.849. The van der Waals surface area contributed by atoms with Crippen LogP contribution in [0.1, 0.15) is 45.4 Å². The summed E-state index contributed by atoms with van der Waals surface area (Å²) in [7, 11) is 0. The molecule has 0 unspecified atom stereocenters. The Labute approximate surface area is 128 Å². The van der Waals surface area contributed by atoms with Crippen LogP contribution in [-0.2, 0) is 9.59 Å². The Bertz CT molecular complexity index is 343. The summed E-state index contributed by atoms with van der Waals surface area (Å²) in [4.78, 5) is 28.4. The maximum atomic E-state index is 12.6. The van der Waals surface area contributed by atoms with Crippen molar-refractivity contribution in [1.29, 1.82) is 0 Å². The van der Waals surface area contributed by atoms with Crippen LogP contribution in [0, 0.1) is 5.92 Å². The molecule has 5 nitrogen and oxygen atoms in total. The zero-order valence-electron chi connectivity index (χ0n) is 13.3. The van der Waals surface area contributed by atoms with Crippen molar-refractivity contribution in [2.75, 3.05) is 39.3 Å². The number of hydrogen-bond acceptors (Lipinski definition) is 3. The van der Waals surface area contributed by atoms with Gasteiger partial charge in [-0.05, 0) is 45.7 Å². The van der Waals surface area contributed by atoms with E-state index in [1.54, 1.807) is 0 Å². The minimum Gasteiger partial charge on any atom is -0.355 e. The van der Waals surface area contributed by atoms with Gasteiger partial charge in [0.2, 0.25) is 11.8 Å². The van der Waals surface area contributed by atoms with Gasteiger partial charge in [0.05, 0.1) is 6.54 Å². The van der Waals surface area contributed by atoms with Crippen LogP contribution in [0.2, 0.25) is 0 Å². The Morgan fingerprint density at radius 2 is 1.62 bits per heavy atom. The van der Waals surface area contributed by atoms with Gasteiger partial charge >= 0.3 is 0 Å². The van der Waals surface area contributed by atoms with Crippen LogP contribution in [0.25, 0.3) is 0 Å². The molecule has 2 heterocycles. The number of piperidine rings is 1. The molecule has 0 radical (unpaired) electrons. The van der Waals surface area contributed by atoms with Gasteiger partial charge in [0, 0.05) is 25.6 Å². The summed E-state index contributed by atoms with van der Waals surface area (Å²) in [5.74, 6) is 0.623.